The molecule has 0 atom stereocenters. The molecule has 0 spiro atoms. The van der Waals surface area contributed by atoms with Crippen LogP contribution in [-0.2, 0) is 4.79 Å². The third-order valence-corrected chi connectivity index (χ3v) is 4.92. The molecular formula is C20H21N3O2S. The Labute approximate surface area is 157 Å². The van der Waals surface area contributed by atoms with Crippen LogP contribution in [0, 0.1) is 0 Å². The molecule has 5 nitrogen and oxygen atoms in total. The fourth-order valence-corrected chi connectivity index (χ4v) is 3.50. The van der Waals surface area contributed by atoms with E-state index < -0.39 is 0 Å². The number of aromatic nitrogens is 2. The van der Waals surface area contributed by atoms with Crippen LogP contribution in [0.4, 0.5) is 5.69 Å². The van der Waals surface area contributed by atoms with Crippen molar-refractivity contribution < 1.29 is 9.53 Å². The number of carbonyl (C=O) groups excluding carboxylic acids is 1. The van der Waals surface area contributed by atoms with Crippen molar-refractivity contribution in [3.05, 3.63) is 67.0 Å². The average molecular weight is 367 g/mol. The maximum absolute atomic E-state index is 12.7. The molecule has 1 heterocycles. The van der Waals surface area contributed by atoms with Gasteiger partial charge in [-0.1, -0.05) is 30.0 Å². The molecule has 3 rings (SSSR count). The van der Waals surface area contributed by atoms with Gasteiger partial charge in [-0.25, -0.2) is 4.98 Å². The number of anilines is 1. The monoisotopic (exact) mass is 367 g/mol. The molecule has 3 aromatic rings. The lowest BCUT2D eigenvalue weighted by Crippen LogP contribution is -2.32. The van der Waals surface area contributed by atoms with E-state index in [2.05, 4.69) is 4.98 Å². The highest BCUT2D eigenvalue weighted by Gasteiger charge is 2.15. The molecule has 0 aliphatic rings. The molecule has 0 radical (unpaired) electrons. The average Bonchev–Trinajstić information content (AvgIpc) is 3.16. The Hall–Kier alpha value is -2.73. The van der Waals surface area contributed by atoms with Crippen molar-refractivity contribution in [2.24, 2.45) is 0 Å². The number of amides is 1. The number of hydrogen-bond acceptors (Lipinski definition) is 4. The molecule has 26 heavy (non-hydrogen) atoms. The van der Waals surface area contributed by atoms with Crippen LogP contribution in [0.15, 0.2) is 72.1 Å². The Morgan fingerprint density at radius 1 is 1.15 bits per heavy atom. The van der Waals surface area contributed by atoms with E-state index in [0.29, 0.717) is 12.3 Å². The Morgan fingerprint density at radius 2 is 1.88 bits per heavy atom. The van der Waals surface area contributed by atoms with Crippen molar-refractivity contribution >= 4 is 23.4 Å². The summed E-state index contributed by atoms with van der Waals surface area (Å²) in [5.41, 5.74) is 1.90. The first kappa shape index (κ1) is 18.1. The number of ether oxygens (including phenoxy) is 1. The van der Waals surface area contributed by atoms with Gasteiger partial charge in [-0.2, -0.15) is 0 Å². The van der Waals surface area contributed by atoms with Crippen LogP contribution in [0.2, 0.25) is 0 Å². The van der Waals surface area contributed by atoms with Crippen molar-refractivity contribution in [1.29, 1.82) is 0 Å². The van der Waals surface area contributed by atoms with E-state index in [9.17, 15) is 4.79 Å². The topological polar surface area (TPSA) is 47.4 Å². The van der Waals surface area contributed by atoms with Gasteiger partial charge in [0.2, 0.25) is 5.91 Å². The SMILES string of the molecule is CCN(C(=O)CSc1nccn1-c1ccc(OC)cc1)c1ccccc1. The van der Waals surface area contributed by atoms with E-state index >= 15 is 0 Å². The van der Waals surface area contributed by atoms with Crippen molar-refractivity contribution in [3.8, 4) is 11.4 Å². The Bertz CT molecular complexity index is 847. The molecule has 0 aliphatic carbocycles. The third-order valence-electron chi connectivity index (χ3n) is 3.97. The molecule has 6 heteroatoms. The zero-order valence-electron chi connectivity index (χ0n) is 14.8. The fourth-order valence-electron chi connectivity index (χ4n) is 2.65. The van der Waals surface area contributed by atoms with Crippen LogP contribution in [0.1, 0.15) is 6.92 Å². The van der Waals surface area contributed by atoms with E-state index in [1.165, 1.54) is 11.8 Å². The van der Waals surface area contributed by atoms with E-state index in [-0.39, 0.29) is 5.91 Å². The number of thioether (sulfide) groups is 1. The minimum Gasteiger partial charge on any atom is -0.497 e. The second-order valence-corrected chi connectivity index (χ2v) is 6.48. The predicted molar refractivity (Wildman–Crippen MR) is 105 cm³/mol. The number of hydrogen-bond donors (Lipinski definition) is 0. The summed E-state index contributed by atoms with van der Waals surface area (Å²) in [7, 11) is 1.64. The van der Waals surface area contributed by atoms with Crippen molar-refractivity contribution in [3.63, 3.8) is 0 Å². The molecule has 0 aliphatic heterocycles. The van der Waals surface area contributed by atoms with Gasteiger partial charge in [0.15, 0.2) is 5.16 Å². The summed E-state index contributed by atoms with van der Waals surface area (Å²) in [6, 6.07) is 17.5. The molecule has 1 aromatic heterocycles. The first-order valence-electron chi connectivity index (χ1n) is 8.39. The smallest absolute Gasteiger partial charge is 0.237 e. The first-order chi connectivity index (χ1) is 12.7. The van der Waals surface area contributed by atoms with E-state index in [0.717, 1.165) is 22.3 Å². The van der Waals surface area contributed by atoms with E-state index in [1.54, 1.807) is 18.2 Å². The summed E-state index contributed by atoms with van der Waals surface area (Å²) in [6.45, 7) is 2.62. The zero-order chi connectivity index (χ0) is 18.4. The number of carbonyl (C=O) groups is 1. The number of rotatable bonds is 7. The first-order valence-corrected chi connectivity index (χ1v) is 9.37. The molecule has 0 bridgehead atoms. The van der Waals surface area contributed by atoms with Crippen molar-refractivity contribution in [1.82, 2.24) is 9.55 Å². The molecule has 134 valence electrons. The maximum Gasteiger partial charge on any atom is 0.237 e. The molecule has 0 fully saturated rings. The Kier molecular flexibility index (Phi) is 5.96. The molecule has 0 saturated heterocycles. The largest absolute Gasteiger partial charge is 0.497 e. The molecule has 0 unspecified atom stereocenters. The number of methoxy groups -OCH3 is 1. The molecule has 1 amide bonds. The van der Waals surface area contributed by atoms with Gasteiger partial charge in [0.25, 0.3) is 0 Å². The zero-order valence-corrected chi connectivity index (χ0v) is 15.6. The normalized spacial score (nSPS) is 10.5. The van der Waals surface area contributed by atoms with Gasteiger partial charge < -0.3 is 9.64 Å². The van der Waals surface area contributed by atoms with Crippen molar-refractivity contribution in [2.75, 3.05) is 24.3 Å². The van der Waals surface area contributed by atoms with Gasteiger partial charge in [-0.3, -0.25) is 9.36 Å². The molecule has 2 aromatic carbocycles. The molecule has 0 saturated carbocycles. The lowest BCUT2D eigenvalue weighted by Gasteiger charge is -2.20. The third kappa shape index (κ3) is 4.08. The summed E-state index contributed by atoms with van der Waals surface area (Å²) in [6.07, 6.45) is 3.63. The lowest BCUT2D eigenvalue weighted by molar-refractivity contribution is -0.116. The lowest BCUT2D eigenvalue weighted by atomic mass is 10.3. The maximum atomic E-state index is 12.7. The number of benzene rings is 2. The minimum absolute atomic E-state index is 0.0629. The highest BCUT2D eigenvalue weighted by molar-refractivity contribution is 7.99. The highest BCUT2D eigenvalue weighted by Crippen LogP contribution is 2.23. The van der Waals surface area contributed by atoms with Crippen LogP contribution in [0.3, 0.4) is 0 Å². The highest BCUT2D eigenvalue weighted by atomic mass is 32.2. The number of imidazole rings is 1. The second-order valence-electron chi connectivity index (χ2n) is 5.54. The van der Waals surface area contributed by atoms with Gasteiger partial charge in [0.1, 0.15) is 5.75 Å². The van der Waals surface area contributed by atoms with E-state index in [1.807, 2.05) is 72.3 Å². The molecular weight excluding hydrogens is 346 g/mol. The van der Waals surface area contributed by atoms with Crippen molar-refractivity contribution in [2.45, 2.75) is 12.1 Å². The van der Waals surface area contributed by atoms with Gasteiger partial charge in [-0.15, -0.1) is 0 Å². The van der Waals surface area contributed by atoms with Crippen LogP contribution in [0.5, 0.6) is 5.75 Å². The quantitative estimate of drug-likeness (QED) is 0.592. The van der Waals surface area contributed by atoms with Crippen LogP contribution in [-0.4, -0.2) is 34.9 Å². The summed E-state index contributed by atoms with van der Waals surface area (Å²) < 4.78 is 7.16. The van der Waals surface area contributed by atoms with Gasteiger partial charge in [-0.05, 0) is 43.3 Å². The van der Waals surface area contributed by atoms with Gasteiger partial charge >= 0.3 is 0 Å². The summed E-state index contributed by atoms with van der Waals surface area (Å²) in [5, 5.41) is 0.785. The standard InChI is InChI=1S/C20H21N3O2S/c1-3-22(16-7-5-4-6-8-16)19(24)15-26-20-21-13-14-23(20)17-9-11-18(25-2)12-10-17/h4-14H,3,15H2,1-2H3. The summed E-state index contributed by atoms with van der Waals surface area (Å²) >= 11 is 1.43. The van der Waals surface area contributed by atoms with Crippen LogP contribution in [0.25, 0.3) is 5.69 Å². The van der Waals surface area contributed by atoms with E-state index in [4.69, 9.17) is 4.74 Å². The van der Waals surface area contributed by atoms with Gasteiger partial charge in [0.05, 0.1) is 12.9 Å². The predicted octanol–water partition coefficient (Wildman–Crippen LogP) is 4.03. The minimum atomic E-state index is 0.0629. The van der Waals surface area contributed by atoms with Gasteiger partial charge in [0, 0.05) is 30.3 Å². The Balaban J connectivity index is 1.70. The number of nitrogens with zero attached hydrogens (tertiary/aromatic N) is 3. The Morgan fingerprint density at radius 3 is 2.54 bits per heavy atom. The second kappa shape index (κ2) is 8.58. The summed E-state index contributed by atoms with van der Waals surface area (Å²) in [5.74, 6) is 1.20. The molecule has 0 N–H and O–H groups in total. The fraction of sp³-hybridized carbons (Fsp3) is 0.200. The number of para-hydroxylation sites is 1. The summed E-state index contributed by atoms with van der Waals surface area (Å²) in [4.78, 5) is 18.8. The van der Waals surface area contributed by atoms with Crippen LogP contribution < -0.4 is 9.64 Å². The van der Waals surface area contributed by atoms with Crippen LogP contribution >= 0.6 is 11.8 Å².